The molecule has 1 unspecified atom stereocenters. The minimum Gasteiger partial charge on any atom is -0.481 e. The molecule has 2 aliphatic carbocycles. The zero-order valence-electron chi connectivity index (χ0n) is 8.80. The Morgan fingerprint density at radius 1 is 1.14 bits per heavy atom. The maximum atomic E-state index is 10.8. The first-order valence-electron chi connectivity index (χ1n) is 5.95. The van der Waals surface area contributed by atoms with Gasteiger partial charge < -0.3 is 5.11 Å². The van der Waals surface area contributed by atoms with Crippen LogP contribution in [0.25, 0.3) is 0 Å². The molecule has 14 heavy (non-hydrogen) atoms. The molecule has 0 heterocycles. The average molecular weight is 196 g/mol. The normalized spacial score (nSPS) is 30.7. The van der Waals surface area contributed by atoms with Gasteiger partial charge in [-0.05, 0) is 37.0 Å². The van der Waals surface area contributed by atoms with Gasteiger partial charge in [0, 0.05) is 6.42 Å². The molecule has 0 bridgehead atoms. The lowest BCUT2D eigenvalue weighted by Gasteiger charge is -2.41. The van der Waals surface area contributed by atoms with Crippen molar-refractivity contribution in [1.29, 1.82) is 0 Å². The molecule has 1 N–H and O–H groups in total. The van der Waals surface area contributed by atoms with E-state index in [1.807, 2.05) is 0 Å². The van der Waals surface area contributed by atoms with Crippen LogP contribution in [0.4, 0.5) is 0 Å². The van der Waals surface area contributed by atoms with Crippen LogP contribution < -0.4 is 0 Å². The number of aliphatic carboxylic acids is 1. The zero-order valence-corrected chi connectivity index (χ0v) is 8.80. The van der Waals surface area contributed by atoms with Gasteiger partial charge >= 0.3 is 5.97 Å². The molecule has 0 aromatic carbocycles. The van der Waals surface area contributed by atoms with Gasteiger partial charge in [-0.15, -0.1) is 0 Å². The Hall–Kier alpha value is -0.530. The van der Waals surface area contributed by atoms with Crippen molar-refractivity contribution in [3.05, 3.63) is 0 Å². The van der Waals surface area contributed by atoms with Crippen molar-refractivity contribution in [3.8, 4) is 0 Å². The van der Waals surface area contributed by atoms with Crippen molar-refractivity contribution >= 4 is 5.97 Å². The van der Waals surface area contributed by atoms with Gasteiger partial charge in [0.25, 0.3) is 0 Å². The first-order chi connectivity index (χ1) is 6.73. The molecule has 0 saturated heterocycles. The van der Waals surface area contributed by atoms with Crippen LogP contribution in [0.1, 0.15) is 57.8 Å². The summed E-state index contributed by atoms with van der Waals surface area (Å²) >= 11 is 0. The Kier molecular flexibility index (Phi) is 2.80. The van der Waals surface area contributed by atoms with Crippen molar-refractivity contribution in [2.75, 3.05) is 0 Å². The molecule has 1 atom stereocenters. The van der Waals surface area contributed by atoms with Crippen LogP contribution in [-0.2, 0) is 4.79 Å². The summed E-state index contributed by atoms with van der Waals surface area (Å²) in [6.07, 6.45) is 10.7. The van der Waals surface area contributed by atoms with E-state index in [4.69, 9.17) is 5.11 Å². The monoisotopic (exact) mass is 196 g/mol. The van der Waals surface area contributed by atoms with E-state index in [1.54, 1.807) is 0 Å². The average Bonchev–Trinajstić information content (AvgIpc) is 2.58. The van der Waals surface area contributed by atoms with Gasteiger partial charge in [0.2, 0.25) is 0 Å². The second kappa shape index (κ2) is 3.92. The number of hydrogen-bond acceptors (Lipinski definition) is 1. The third-order valence-corrected chi connectivity index (χ3v) is 4.36. The highest BCUT2D eigenvalue weighted by atomic mass is 16.4. The summed E-state index contributed by atoms with van der Waals surface area (Å²) in [6.45, 7) is 0. The molecule has 2 aliphatic rings. The quantitative estimate of drug-likeness (QED) is 0.736. The fraction of sp³-hybridized carbons (Fsp3) is 0.917. The van der Waals surface area contributed by atoms with Gasteiger partial charge in [-0.2, -0.15) is 0 Å². The molecule has 0 aliphatic heterocycles. The lowest BCUT2D eigenvalue weighted by molar-refractivity contribution is -0.139. The Morgan fingerprint density at radius 3 is 2.29 bits per heavy atom. The Labute approximate surface area is 85.7 Å². The van der Waals surface area contributed by atoms with Crippen molar-refractivity contribution in [2.45, 2.75) is 57.8 Å². The highest BCUT2D eigenvalue weighted by molar-refractivity contribution is 5.67. The van der Waals surface area contributed by atoms with E-state index in [9.17, 15) is 4.79 Å². The smallest absolute Gasteiger partial charge is 0.303 e. The van der Waals surface area contributed by atoms with Gasteiger partial charge in [0.1, 0.15) is 0 Å². The number of hydrogen-bond donors (Lipinski definition) is 1. The number of carbonyl (C=O) groups is 1. The van der Waals surface area contributed by atoms with Crippen molar-refractivity contribution in [3.63, 3.8) is 0 Å². The van der Waals surface area contributed by atoms with E-state index in [1.165, 1.54) is 44.9 Å². The third kappa shape index (κ3) is 1.79. The van der Waals surface area contributed by atoms with Crippen LogP contribution in [0.3, 0.4) is 0 Å². The van der Waals surface area contributed by atoms with Crippen LogP contribution in [0.2, 0.25) is 0 Å². The maximum Gasteiger partial charge on any atom is 0.303 e. The molecule has 2 nitrogen and oxygen atoms in total. The molecule has 0 aromatic rings. The second-order valence-corrected chi connectivity index (χ2v) is 5.11. The maximum absolute atomic E-state index is 10.8. The lowest BCUT2D eigenvalue weighted by Crippen LogP contribution is -2.32. The minimum atomic E-state index is -0.594. The summed E-state index contributed by atoms with van der Waals surface area (Å²) in [5.74, 6) is -0.112. The van der Waals surface area contributed by atoms with Crippen LogP contribution in [-0.4, -0.2) is 11.1 Å². The van der Waals surface area contributed by atoms with Crippen LogP contribution in [0, 0.1) is 11.3 Å². The number of rotatable bonds is 2. The Bertz CT molecular complexity index is 216. The van der Waals surface area contributed by atoms with Crippen LogP contribution >= 0.6 is 0 Å². The molecule has 2 saturated carbocycles. The first-order valence-corrected chi connectivity index (χ1v) is 5.95. The molecular weight excluding hydrogens is 176 g/mol. The summed E-state index contributed by atoms with van der Waals surface area (Å²) in [6, 6.07) is 0. The van der Waals surface area contributed by atoms with Crippen molar-refractivity contribution in [2.24, 2.45) is 11.3 Å². The largest absolute Gasteiger partial charge is 0.481 e. The molecule has 2 heteroatoms. The SMILES string of the molecule is O=C(O)CC1CCCCC12CCCC2. The molecule has 80 valence electrons. The van der Waals surface area contributed by atoms with Gasteiger partial charge in [-0.25, -0.2) is 0 Å². The molecule has 1 spiro atoms. The second-order valence-electron chi connectivity index (χ2n) is 5.11. The molecule has 2 rings (SSSR count). The number of carboxylic acid groups (broad SMARTS) is 1. The van der Waals surface area contributed by atoms with E-state index >= 15 is 0 Å². The topological polar surface area (TPSA) is 37.3 Å². The van der Waals surface area contributed by atoms with Gasteiger partial charge in [0.15, 0.2) is 0 Å². The summed E-state index contributed by atoms with van der Waals surface area (Å²) in [5.41, 5.74) is 0.441. The molecule has 0 amide bonds. The van der Waals surface area contributed by atoms with E-state index in [0.717, 1.165) is 6.42 Å². The van der Waals surface area contributed by atoms with Gasteiger partial charge in [-0.1, -0.05) is 25.7 Å². The van der Waals surface area contributed by atoms with Crippen LogP contribution in [0.15, 0.2) is 0 Å². The Balaban J connectivity index is 2.06. The van der Waals surface area contributed by atoms with E-state index in [0.29, 0.717) is 17.8 Å². The molecule has 2 fully saturated rings. The summed E-state index contributed by atoms with van der Waals surface area (Å²) in [5, 5.41) is 8.91. The fourth-order valence-corrected chi connectivity index (χ4v) is 3.64. The molecule has 0 radical (unpaired) electrons. The predicted molar refractivity (Wildman–Crippen MR) is 55.1 cm³/mol. The third-order valence-electron chi connectivity index (χ3n) is 4.36. The van der Waals surface area contributed by atoms with E-state index < -0.39 is 5.97 Å². The van der Waals surface area contributed by atoms with Gasteiger partial charge in [-0.3, -0.25) is 4.79 Å². The van der Waals surface area contributed by atoms with E-state index in [-0.39, 0.29) is 0 Å². The minimum absolute atomic E-state index is 0.417. The van der Waals surface area contributed by atoms with Gasteiger partial charge in [0.05, 0.1) is 0 Å². The van der Waals surface area contributed by atoms with Crippen LogP contribution in [0.5, 0.6) is 0 Å². The predicted octanol–water partition coefficient (Wildman–Crippen LogP) is 3.21. The van der Waals surface area contributed by atoms with Crippen molar-refractivity contribution < 1.29 is 9.90 Å². The summed E-state index contributed by atoms with van der Waals surface area (Å²) in [7, 11) is 0. The van der Waals surface area contributed by atoms with E-state index in [2.05, 4.69) is 0 Å². The molecule has 0 aromatic heterocycles. The Morgan fingerprint density at radius 2 is 1.71 bits per heavy atom. The molecular formula is C12H20O2. The van der Waals surface area contributed by atoms with Crippen molar-refractivity contribution in [1.82, 2.24) is 0 Å². The lowest BCUT2D eigenvalue weighted by atomic mass is 9.64. The summed E-state index contributed by atoms with van der Waals surface area (Å²) < 4.78 is 0. The standard InChI is InChI=1S/C12H20O2/c13-11(14)9-10-5-1-2-6-12(10)7-3-4-8-12/h10H,1-9H2,(H,13,14). The zero-order chi connectivity index (χ0) is 10.0. The summed E-state index contributed by atoms with van der Waals surface area (Å²) in [4.78, 5) is 10.8. The highest BCUT2D eigenvalue weighted by Gasteiger charge is 2.42. The highest BCUT2D eigenvalue weighted by Crippen LogP contribution is 2.53. The number of carboxylic acids is 1. The first kappa shape index (κ1) is 10.0. The fourth-order valence-electron chi connectivity index (χ4n) is 3.64.